The SMILES string of the molecule is CC(C)(C)C=CC=CCCO. The van der Waals surface area contributed by atoms with Crippen molar-refractivity contribution in [1.82, 2.24) is 0 Å². The minimum Gasteiger partial charge on any atom is -0.396 e. The van der Waals surface area contributed by atoms with Crippen LogP contribution in [0.15, 0.2) is 24.3 Å². The minimum atomic E-state index is 0.236. The van der Waals surface area contributed by atoms with Gasteiger partial charge in [-0.05, 0) is 11.8 Å². The summed E-state index contributed by atoms with van der Waals surface area (Å²) in [5.41, 5.74) is 0.254. The highest BCUT2D eigenvalue weighted by Gasteiger charge is 2.01. The Bertz CT molecular complexity index is 137. The van der Waals surface area contributed by atoms with E-state index in [0.717, 1.165) is 6.42 Å². The van der Waals surface area contributed by atoms with Crippen molar-refractivity contribution >= 4 is 0 Å². The number of aliphatic hydroxyl groups excluding tert-OH is 1. The lowest BCUT2D eigenvalue weighted by atomic mass is 9.96. The maximum absolute atomic E-state index is 8.45. The second-order valence-corrected chi connectivity index (χ2v) is 3.67. The number of hydrogen-bond donors (Lipinski definition) is 1. The Kier molecular flexibility index (Phi) is 4.88. The number of aliphatic hydroxyl groups is 1. The quantitative estimate of drug-likeness (QED) is 0.619. The van der Waals surface area contributed by atoms with Gasteiger partial charge < -0.3 is 5.11 Å². The van der Waals surface area contributed by atoms with Crippen molar-refractivity contribution < 1.29 is 5.11 Å². The van der Waals surface area contributed by atoms with E-state index in [0.29, 0.717) is 0 Å². The molecule has 0 bridgehead atoms. The van der Waals surface area contributed by atoms with Gasteiger partial charge in [-0.15, -0.1) is 0 Å². The fraction of sp³-hybridized carbons (Fsp3) is 0.600. The summed E-state index contributed by atoms with van der Waals surface area (Å²) >= 11 is 0. The van der Waals surface area contributed by atoms with Crippen LogP contribution < -0.4 is 0 Å². The summed E-state index contributed by atoms with van der Waals surface area (Å²) in [7, 11) is 0. The number of allylic oxidation sites excluding steroid dienone is 3. The zero-order valence-electron chi connectivity index (χ0n) is 7.67. The average molecular weight is 154 g/mol. The minimum absolute atomic E-state index is 0.236. The zero-order chi connectivity index (χ0) is 8.74. The van der Waals surface area contributed by atoms with Gasteiger partial charge in [-0.3, -0.25) is 0 Å². The van der Waals surface area contributed by atoms with Gasteiger partial charge in [-0.2, -0.15) is 0 Å². The van der Waals surface area contributed by atoms with E-state index in [1.165, 1.54) is 0 Å². The first-order chi connectivity index (χ1) is 5.06. The van der Waals surface area contributed by atoms with Crippen molar-refractivity contribution in [3.8, 4) is 0 Å². The van der Waals surface area contributed by atoms with Crippen molar-refractivity contribution in [1.29, 1.82) is 0 Å². The molecule has 0 saturated heterocycles. The van der Waals surface area contributed by atoms with E-state index in [-0.39, 0.29) is 12.0 Å². The highest BCUT2D eigenvalue weighted by Crippen LogP contribution is 2.14. The molecular weight excluding hydrogens is 136 g/mol. The fourth-order valence-electron chi connectivity index (χ4n) is 0.594. The summed E-state index contributed by atoms with van der Waals surface area (Å²) in [4.78, 5) is 0. The van der Waals surface area contributed by atoms with Gasteiger partial charge in [-0.1, -0.05) is 45.1 Å². The van der Waals surface area contributed by atoms with E-state index in [1.807, 2.05) is 18.2 Å². The van der Waals surface area contributed by atoms with Gasteiger partial charge in [0.15, 0.2) is 0 Å². The highest BCUT2D eigenvalue weighted by atomic mass is 16.2. The topological polar surface area (TPSA) is 20.2 Å². The molecular formula is C10H18O. The molecule has 0 aliphatic heterocycles. The van der Waals surface area contributed by atoms with Crippen LogP contribution in [0.4, 0.5) is 0 Å². The van der Waals surface area contributed by atoms with E-state index >= 15 is 0 Å². The van der Waals surface area contributed by atoms with E-state index in [1.54, 1.807) is 0 Å². The van der Waals surface area contributed by atoms with Crippen molar-refractivity contribution in [2.75, 3.05) is 6.61 Å². The van der Waals surface area contributed by atoms with Gasteiger partial charge in [0.1, 0.15) is 0 Å². The molecule has 0 aliphatic rings. The molecule has 11 heavy (non-hydrogen) atoms. The van der Waals surface area contributed by atoms with Crippen molar-refractivity contribution in [3.05, 3.63) is 24.3 Å². The molecule has 1 N–H and O–H groups in total. The van der Waals surface area contributed by atoms with Crippen LogP contribution >= 0.6 is 0 Å². The Balaban J connectivity index is 3.60. The van der Waals surface area contributed by atoms with E-state index in [9.17, 15) is 0 Å². The predicted octanol–water partition coefficient (Wildman–Crippen LogP) is 2.53. The van der Waals surface area contributed by atoms with Crippen LogP contribution in [-0.4, -0.2) is 11.7 Å². The second kappa shape index (κ2) is 5.14. The largest absolute Gasteiger partial charge is 0.396 e. The third kappa shape index (κ3) is 9.44. The maximum Gasteiger partial charge on any atom is 0.0465 e. The summed E-state index contributed by atoms with van der Waals surface area (Å²) in [6.45, 7) is 6.70. The van der Waals surface area contributed by atoms with Gasteiger partial charge >= 0.3 is 0 Å². The Morgan fingerprint density at radius 1 is 1.18 bits per heavy atom. The molecule has 0 spiro atoms. The highest BCUT2D eigenvalue weighted by molar-refractivity contribution is 5.05. The monoisotopic (exact) mass is 154 g/mol. The summed E-state index contributed by atoms with van der Waals surface area (Å²) < 4.78 is 0. The first-order valence-electron chi connectivity index (χ1n) is 4.01. The van der Waals surface area contributed by atoms with Crippen LogP contribution in [0.1, 0.15) is 27.2 Å². The van der Waals surface area contributed by atoms with Crippen molar-refractivity contribution in [3.63, 3.8) is 0 Å². The molecule has 0 amide bonds. The molecule has 64 valence electrons. The van der Waals surface area contributed by atoms with Gasteiger partial charge in [0.05, 0.1) is 0 Å². The standard InChI is InChI=1S/C10H18O/c1-10(2,3)8-6-4-5-7-9-11/h4-6,8,11H,7,9H2,1-3H3. The molecule has 0 radical (unpaired) electrons. The lowest BCUT2D eigenvalue weighted by molar-refractivity contribution is 0.302. The third-order valence-corrected chi connectivity index (χ3v) is 1.14. The van der Waals surface area contributed by atoms with Crippen LogP contribution in [0.2, 0.25) is 0 Å². The Hall–Kier alpha value is -0.560. The van der Waals surface area contributed by atoms with Crippen LogP contribution in [0, 0.1) is 5.41 Å². The molecule has 0 atom stereocenters. The Morgan fingerprint density at radius 3 is 2.27 bits per heavy atom. The van der Waals surface area contributed by atoms with Gasteiger partial charge in [0, 0.05) is 6.61 Å². The van der Waals surface area contributed by atoms with Crippen LogP contribution in [0.3, 0.4) is 0 Å². The molecule has 1 nitrogen and oxygen atoms in total. The zero-order valence-corrected chi connectivity index (χ0v) is 7.67. The molecule has 0 saturated carbocycles. The summed E-state index contributed by atoms with van der Waals surface area (Å²) in [6.07, 6.45) is 8.84. The molecule has 0 heterocycles. The van der Waals surface area contributed by atoms with Crippen molar-refractivity contribution in [2.24, 2.45) is 5.41 Å². The first kappa shape index (κ1) is 10.4. The summed E-state index contributed by atoms with van der Waals surface area (Å²) in [5, 5.41) is 8.45. The van der Waals surface area contributed by atoms with Gasteiger partial charge in [0.25, 0.3) is 0 Å². The van der Waals surface area contributed by atoms with Crippen LogP contribution in [-0.2, 0) is 0 Å². The van der Waals surface area contributed by atoms with E-state index in [4.69, 9.17) is 5.11 Å². The first-order valence-corrected chi connectivity index (χ1v) is 4.01. The van der Waals surface area contributed by atoms with Crippen LogP contribution in [0.25, 0.3) is 0 Å². The second-order valence-electron chi connectivity index (χ2n) is 3.67. The molecule has 0 aromatic heterocycles. The molecule has 0 aromatic rings. The molecule has 1 heteroatoms. The number of rotatable bonds is 3. The predicted molar refractivity (Wildman–Crippen MR) is 49.4 cm³/mol. The third-order valence-electron chi connectivity index (χ3n) is 1.14. The van der Waals surface area contributed by atoms with E-state index < -0.39 is 0 Å². The summed E-state index contributed by atoms with van der Waals surface area (Å²) in [5.74, 6) is 0. The molecule has 0 fully saturated rings. The van der Waals surface area contributed by atoms with Crippen molar-refractivity contribution in [2.45, 2.75) is 27.2 Å². The lowest BCUT2D eigenvalue weighted by Gasteiger charge is -2.09. The average Bonchev–Trinajstić information content (AvgIpc) is 1.85. The number of hydrogen-bond acceptors (Lipinski definition) is 1. The Morgan fingerprint density at radius 2 is 1.82 bits per heavy atom. The van der Waals surface area contributed by atoms with Gasteiger partial charge in [-0.25, -0.2) is 0 Å². The molecule has 0 rings (SSSR count). The normalized spacial score (nSPS) is 13.5. The fourth-order valence-corrected chi connectivity index (χ4v) is 0.594. The summed E-state index contributed by atoms with van der Waals surface area (Å²) in [6, 6.07) is 0. The molecule has 0 aliphatic carbocycles. The lowest BCUT2D eigenvalue weighted by Crippen LogP contribution is -1.97. The Labute approximate surface area is 69.4 Å². The van der Waals surface area contributed by atoms with Crippen LogP contribution in [0.5, 0.6) is 0 Å². The molecule has 0 aromatic carbocycles. The van der Waals surface area contributed by atoms with Gasteiger partial charge in [0.2, 0.25) is 0 Å². The molecule has 0 unspecified atom stereocenters. The maximum atomic E-state index is 8.45. The smallest absolute Gasteiger partial charge is 0.0465 e. The van der Waals surface area contributed by atoms with E-state index in [2.05, 4.69) is 26.8 Å².